The number of amides is 3. The predicted molar refractivity (Wildman–Crippen MR) is 149 cm³/mol. The fourth-order valence-corrected chi connectivity index (χ4v) is 7.17. The van der Waals surface area contributed by atoms with Crippen LogP contribution in [-0.2, 0) is 30.6 Å². The van der Waals surface area contributed by atoms with Crippen LogP contribution in [0.5, 0.6) is 0 Å². The van der Waals surface area contributed by atoms with E-state index in [0.717, 1.165) is 17.8 Å². The molecule has 2 aromatic rings. The van der Waals surface area contributed by atoms with E-state index in [1.165, 1.54) is 38.5 Å². The van der Waals surface area contributed by atoms with Crippen molar-refractivity contribution in [1.29, 1.82) is 0 Å². The van der Waals surface area contributed by atoms with E-state index in [-0.39, 0.29) is 40.6 Å². The summed E-state index contributed by atoms with van der Waals surface area (Å²) in [5.74, 6) is 0.403. The number of hydrogen-bond donors (Lipinski definition) is 3. The number of nitrogens with one attached hydrogen (secondary N) is 2. The van der Waals surface area contributed by atoms with Crippen molar-refractivity contribution in [2.75, 3.05) is 16.8 Å². The van der Waals surface area contributed by atoms with Gasteiger partial charge in [0.2, 0.25) is 11.6 Å². The second kappa shape index (κ2) is 12.5. The van der Waals surface area contributed by atoms with Gasteiger partial charge in [-0.3, -0.25) is 19.3 Å². The van der Waals surface area contributed by atoms with Gasteiger partial charge in [-0.25, -0.2) is 14.5 Å². The average molecular weight is 616 g/mol. The maximum absolute atomic E-state index is 13.3. The lowest BCUT2D eigenvalue weighted by molar-refractivity contribution is -0.150. The van der Waals surface area contributed by atoms with Crippen LogP contribution < -0.4 is 10.6 Å². The standard InChI is InChI=1S/C23H21N9O6S3/c1-2-7-31-23(27-29-30-31)41-9-12-8-39-20-16(19(35)32(20)17(12)21(36)37)26-18(34)15(28-38-13-5-3-4-6-13)14-10-40-22(25-14)24-11-33/h1,3,5,10-11,13,16,20H,4,6-9H2,(H,26,34)(H,36,37)(H,24,25,33)/b28-15-/t13?,16?,20-/m1/s1. The van der Waals surface area contributed by atoms with Crippen molar-refractivity contribution in [3.63, 3.8) is 0 Å². The quantitative estimate of drug-likeness (QED) is 0.0563. The Morgan fingerprint density at radius 2 is 2.27 bits per heavy atom. The summed E-state index contributed by atoms with van der Waals surface area (Å²) in [4.78, 5) is 60.4. The zero-order valence-corrected chi connectivity index (χ0v) is 23.4. The number of carboxylic acids is 1. The van der Waals surface area contributed by atoms with E-state index in [1.54, 1.807) is 0 Å². The smallest absolute Gasteiger partial charge is 0.352 e. The normalized spacial score (nSPS) is 21.6. The molecule has 1 aliphatic carbocycles. The molecule has 0 radical (unpaired) electrons. The highest BCUT2D eigenvalue weighted by Crippen LogP contribution is 2.41. The molecule has 0 bridgehead atoms. The van der Waals surface area contributed by atoms with Gasteiger partial charge in [-0.15, -0.1) is 34.6 Å². The number of aliphatic carboxylic acids is 1. The van der Waals surface area contributed by atoms with Crippen LogP contribution in [0.1, 0.15) is 18.5 Å². The number of carboxylic acid groups (broad SMARTS) is 1. The third-order valence-electron chi connectivity index (χ3n) is 6.04. The molecular weight excluding hydrogens is 595 g/mol. The molecule has 3 amide bonds. The first-order valence-electron chi connectivity index (χ1n) is 12.0. The van der Waals surface area contributed by atoms with Gasteiger partial charge < -0.3 is 20.6 Å². The maximum atomic E-state index is 13.3. The number of oxime groups is 1. The van der Waals surface area contributed by atoms with Crippen LogP contribution in [-0.4, -0.2) is 94.1 Å². The number of nitrogens with zero attached hydrogens (tertiary/aromatic N) is 7. The number of hydrogen-bond acceptors (Lipinski definition) is 13. The number of terminal acetylenes is 1. The molecule has 4 heterocycles. The number of carbonyl (C=O) groups is 4. The SMILES string of the molecule is C#CCn1nnnc1SCC1=C(C(=O)O)N2C(=O)C(NC(=O)/C(=N\OC3C=CCC3)c3csc(NC=O)n3)[C@H]2SC1. The summed E-state index contributed by atoms with van der Waals surface area (Å²) in [6.07, 6.45) is 10.8. The van der Waals surface area contributed by atoms with Crippen LogP contribution >= 0.6 is 34.9 Å². The summed E-state index contributed by atoms with van der Waals surface area (Å²) >= 11 is 3.61. The summed E-state index contributed by atoms with van der Waals surface area (Å²) in [5.41, 5.74) is 0.344. The zero-order valence-electron chi connectivity index (χ0n) is 21.0. The number of β-lactam (4-membered cyclic amide) rings is 1. The average Bonchev–Trinajstić information content (AvgIpc) is 3.74. The summed E-state index contributed by atoms with van der Waals surface area (Å²) in [7, 11) is 0. The molecule has 5 rings (SSSR count). The van der Waals surface area contributed by atoms with Gasteiger partial charge in [0.25, 0.3) is 11.8 Å². The molecular formula is C23H21N9O6S3. The van der Waals surface area contributed by atoms with E-state index in [4.69, 9.17) is 11.3 Å². The molecule has 212 valence electrons. The summed E-state index contributed by atoms with van der Waals surface area (Å²) in [5, 5.41) is 31.9. The van der Waals surface area contributed by atoms with E-state index < -0.39 is 29.2 Å². The van der Waals surface area contributed by atoms with Gasteiger partial charge in [-0.05, 0) is 34.9 Å². The molecule has 15 nitrogen and oxygen atoms in total. The molecule has 3 aliphatic rings. The number of tetrazole rings is 1. The molecule has 41 heavy (non-hydrogen) atoms. The zero-order chi connectivity index (χ0) is 28.9. The van der Waals surface area contributed by atoms with Crippen LogP contribution in [0.25, 0.3) is 0 Å². The van der Waals surface area contributed by atoms with Crippen LogP contribution in [0.3, 0.4) is 0 Å². The molecule has 0 saturated carbocycles. The van der Waals surface area contributed by atoms with Gasteiger partial charge in [0, 0.05) is 16.9 Å². The Bertz CT molecular complexity index is 1510. The molecule has 0 spiro atoms. The van der Waals surface area contributed by atoms with Gasteiger partial charge in [-0.2, -0.15) is 0 Å². The van der Waals surface area contributed by atoms with Crippen LogP contribution in [0.2, 0.25) is 0 Å². The Hall–Kier alpha value is -4.21. The van der Waals surface area contributed by atoms with Crippen molar-refractivity contribution < 1.29 is 29.1 Å². The van der Waals surface area contributed by atoms with Crippen molar-refractivity contribution >= 4 is 69.9 Å². The summed E-state index contributed by atoms with van der Waals surface area (Å²) in [6, 6.07) is -0.998. The molecule has 2 unspecified atom stereocenters. The third-order valence-corrected chi connectivity index (χ3v) is 9.20. The van der Waals surface area contributed by atoms with Gasteiger partial charge in [0.1, 0.15) is 35.5 Å². The maximum Gasteiger partial charge on any atom is 0.352 e. The predicted octanol–water partition coefficient (Wildman–Crippen LogP) is 0.301. The minimum absolute atomic E-state index is 0.137. The second-order valence-electron chi connectivity index (χ2n) is 8.62. The molecule has 2 aromatic heterocycles. The van der Waals surface area contributed by atoms with E-state index in [9.17, 15) is 24.3 Å². The molecule has 2 aliphatic heterocycles. The molecule has 1 saturated heterocycles. The number of allylic oxidation sites excluding steroid dienone is 1. The van der Waals surface area contributed by atoms with Crippen LogP contribution in [0, 0.1) is 12.3 Å². The first-order chi connectivity index (χ1) is 19.9. The van der Waals surface area contributed by atoms with Crippen molar-refractivity contribution in [1.82, 2.24) is 35.4 Å². The molecule has 18 heteroatoms. The Morgan fingerprint density at radius 1 is 1.41 bits per heavy atom. The van der Waals surface area contributed by atoms with Gasteiger partial charge in [0.05, 0.1) is 0 Å². The van der Waals surface area contributed by atoms with Crippen molar-refractivity contribution in [3.05, 3.63) is 34.5 Å². The van der Waals surface area contributed by atoms with Gasteiger partial charge in [-0.1, -0.05) is 28.9 Å². The monoisotopic (exact) mass is 615 g/mol. The number of anilines is 1. The number of carbonyl (C=O) groups excluding carboxylic acids is 3. The number of thioether (sulfide) groups is 2. The first-order valence-corrected chi connectivity index (χ1v) is 14.9. The van der Waals surface area contributed by atoms with Gasteiger partial charge in [0.15, 0.2) is 10.8 Å². The Balaban J connectivity index is 1.31. The molecule has 0 aromatic carbocycles. The highest BCUT2D eigenvalue weighted by atomic mass is 32.2. The van der Waals surface area contributed by atoms with E-state index in [2.05, 4.69) is 42.2 Å². The summed E-state index contributed by atoms with van der Waals surface area (Å²) < 4.78 is 1.41. The van der Waals surface area contributed by atoms with Crippen LogP contribution in [0.15, 0.2) is 39.1 Å². The van der Waals surface area contributed by atoms with Crippen molar-refractivity contribution in [3.8, 4) is 12.3 Å². The molecule has 3 atom stereocenters. The van der Waals surface area contributed by atoms with Gasteiger partial charge >= 0.3 is 5.97 Å². The lowest BCUT2D eigenvalue weighted by Gasteiger charge is -2.49. The molecule has 3 N–H and O–H groups in total. The lowest BCUT2D eigenvalue weighted by atomic mass is 10.0. The van der Waals surface area contributed by atoms with E-state index in [1.807, 2.05) is 12.2 Å². The Labute approximate surface area is 244 Å². The number of rotatable bonds is 12. The Kier molecular flexibility index (Phi) is 8.66. The number of fused-ring (bicyclic) bond motifs is 1. The highest BCUT2D eigenvalue weighted by molar-refractivity contribution is 8.01. The van der Waals surface area contributed by atoms with Crippen molar-refractivity contribution in [2.24, 2.45) is 5.16 Å². The number of aromatic nitrogens is 5. The topological polar surface area (TPSA) is 194 Å². The van der Waals surface area contributed by atoms with Crippen molar-refractivity contribution in [2.45, 2.75) is 42.1 Å². The fourth-order valence-electron chi connectivity index (χ4n) is 4.16. The molecule has 1 fully saturated rings. The fraction of sp³-hybridized carbons (Fsp3) is 0.348. The highest BCUT2D eigenvalue weighted by Gasteiger charge is 2.54. The minimum atomic E-state index is -1.26. The van der Waals surface area contributed by atoms with E-state index in [0.29, 0.717) is 29.3 Å². The largest absolute Gasteiger partial charge is 0.477 e. The van der Waals surface area contributed by atoms with E-state index >= 15 is 0 Å². The first kappa shape index (κ1) is 28.3. The number of thiazole rings is 1. The Morgan fingerprint density at radius 3 is 3.00 bits per heavy atom. The third kappa shape index (κ3) is 5.96. The minimum Gasteiger partial charge on any atom is -0.477 e. The van der Waals surface area contributed by atoms with Crippen LogP contribution in [0.4, 0.5) is 5.13 Å². The second-order valence-corrected chi connectivity index (χ2v) is 11.5. The summed E-state index contributed by atoms with van der Waals surface area (Å²) in [6.45, 7) is 0.159. The lowest BCUT2D eigenvalue weighted by Crippen LogP contribution is -2.71.